The number of nitrogens with zero attached hydrogens (tertiary/aromatic N) is 2. The van der Waals surface area contributed by atoms with Crippen molar-refractivity contribution in [2.75, 3.05) is 0 Å². The third kappa shape index (κ3) is 3.97. The van der Waals surface area contributed by atoms with Gasteiger partial charge in [-0.05, 0) is 55.7 Å². The van der Waals surface area contributed by atoms with Crippen molar-refractivity contribution in [2.45, 2.75) is 63.7 Å². The van der Waals surface area contributed by atoms with Gasteiger partial charge in [-0.25, -0.2) is 0 Å². The average Bonchev–Trinajstić information content (AvgIpc) is 3.48. The number of nitrogens with one attached hydrogen (secondary N) is 1. The summed E-state index contributed by atoms with van der Waals surface area (Å²) in [5.74, 6) is 0.350. The molecule has 1 fully saturated rings. The molecule has 0 spiro atoms. The number of hydrogen-bond donors (Lipinski definition) is 1. The second-order valence-corrected chi connectivity index (χ2v) is 9.64. The van der Waals surface area contributed by atoms with E-state index in [4.69, 9.17) is 16.0 Å². The molecule has 6 nitrogen and oxygen atoms in total. The Hall–Kier alpha value is -2.99. The Morgan fingerprint density at radius 2 is 1.85 bits per heavy atom. The van der Waals surface area contributed by atoms with E-state index < -0.39 is 5.54 Å². The normalized spacial score (nSPS) is 21.2. The summed E-state index contributed by atoms with van der Waals surface area (Å²) >= 11 is 6.44. The topological polar surface area (TPSA) is 67.5 Å². The Morgan fingerprint density at radius 3 is 2.58 bits per heavy atom. The molecular formula is C26H28ClN3O3. The predicted molar refractivity (Wildman–Crippen MR) is 127 cm³/mol. The van der Waals surface area contributed by atoms with E-state index in [0.29, 0.717) is 23.0 Å². The molecule has 2 aromatic heterocycles. The van der Waals surface area contributed by atoms with Gasteiger partial charge in [0.15, 0.2) is 0 Å². The standard InChI is InChI=1S/C26H28ClN3O3/c1-26(25(32)28-19-9-3-2-4-10-19)17-29-21(23-12-7-15-33-23)13-14-22(29)24(31)30(26)16-18-8-5-6-11-20(18)27/h5-8,11-15,19H,2-4,9-10,16-17H2,1H3,(H,28,32). The van der Waals surface area contributed by atoms with Gasteiger partial charge in [-0.15, -0.1) is 0 Å². The van der Waals surface area contributed by atoms with Crippen LogP contribution in [0.15, 0.2) is 59.2 Å². The maximum absolute atomic E-state index is 13.8. The third-order valence-corrected chi connectivity index (χ3v) is 7.36. The number of benzene rings is 1. The SMILES string of the molecule is CC1(C(=O)NC2CCCCC2)Cn2c(ccc2-c2ccco2)C(=O)N1Cc1ccccc1Cl. The highest BCUT2D eigenvalue weighted by Gasteiger charge is 2.48. The van der Waals surface area contributed by atoms with Gasteiger partial charge in [0.05, 0.1) is 18.5 Å². The molecule has 0 radical (unpaired) electrons. The van der Waals surface area contributed by atoms with Crippen LogP contribution in [0.4, 0.5) is 0 Å². The van der Waals surface area contributed by atoms with Crippen molar-refractivity contribution in [1.82, 2.24) is 14.8 Å². The fourth-order valence-electron chi connectivity index (χ4n) is 5.05. The highest BCUT2D eigenvalue weighted by molar-refractivity contribution is 6.31. The molecular weight excluding hydrogens is 438 g/mol. The summed E-state index contributed by atoms with van der Waals surface area (Å²) in [5, 5.41) is 3.84. The smallest absolute Gasteiger partial charge is 0.271 e. The number of furan rings is 1. The molecule has 2 amide bonds. The number of carbonyl (C=O) groups is 2. The largest absolute Gasteiger partial charge is 0.463 e. The molecule has 3 heterocycles. The van der Waals surface area contributed by atoms with Crippen LogP contribution in [0.1, 0.15) is 55.1 Å². The van der Waals surface area contributed by atoms with Crippen molar-refractivity contribution in [3.05, 3.63) is 71.1 Å². The molecule has 1 aromatic carbocycles. The van der Waals surface area contributed by atoms with Gasteiger partial charge < -0.3 is 19.2 Å². The monoisotopic (exact) mass is 465 g/mol. The predicted octanol–water partition coefficient (Wildman–Crippen LogP) is 5.27. The first kappa shape index (κ1) is 21.8. The van der Waals surface area contributed by atoms with Crippen molar-refractivity contribution >= 4 is 23.4 Å². The lowest BCUT2D eigenvalue weighted by Gasteiger charge is -2.45. The third-order valence-electron chi connectivity index (χ3n) is 7.00. The Morgan fingerprint density at radius 1 is 1.09 bits per heavy atom. The molecule has 7 heteroatoms. The number of carbonyl (C=O) groups excluding carboxylic acids is 2. The molecule has 0 bridgehead atoms. The molecule has 172 valence electrons. The minimum absolute atomic E-state index is 0.125. The summed E-state index contributed by atoms with van der Waals surface area (Å²) in [6.45, 7) is 2.45. The lowest BCUT2D eigenvalue weighted by molar-refractivity contribution is -0.134. The van der Waals surface area contributed by atoms with Crippen LogP contribution >= 0.6 is 11.6 Å². The molecule has 0 saturated heterocycles. The first-order valence-electron chi connectivity index (χ1n) is 11.6. The zero-order chi connectivity index (χ0) is 23.0. The lowest BCUT2D eigenvalue weighted by Crippen LogP contribution is -2.64. The number of hydrogen-bond acceptors (Lipinski definition) is 3. The minimum atomic E-state index is -1.08. The molecule has 1 saturated carbocycles. The lowest BCUT2D eigenvalue weighted by atomic mass is 9.91. The van der Waals surface area contributed by atoms with Gasteiger partial charge >= 0.3 is 0 Å². The van der Waals surface area contributed by atoms with Gasteiger partial charge in [0.2, 0.25) is 5.91 Å². The summed E-state index contributed by atoms with van der Waals surface area (Å²) in [5.41, 5.74) is 1.06. The number of rotatable bonds is 5. The molecule has 3 aromatic rings. The fourth-order valence-corrected chi connectivity index (χ4v) is 5.24. The number of fused-ring (bicyclic) bond motifs is 1. The molecule has 1 atom stereocenters. The summed E-state index contributed by atoms with van der Waals surface area (Å²) in [7, 11) is 0. The van der Waals surface area contributed by atoms with Crippen LogP contribution in [0.2, 0.25) is 5.02 Å². The second-order valence-electron chi connectivity index (χ2n) is 9.23. The summed E-state index contributed by atoms with van der Waals surface area (Å²) in [6, 6.07) is 15.0. The van der Waals surface area contributed by atoms with Crippen molar-refractivity contribution in [1.29, 1.82) is 0 Å². The molecule has 1 aliphatic heterocycles. The number of aromatic nitrogens is 1. The first-order chi connectivity index (χ1) is 16.0. The van der Waals surface area contributed by atoms with E-state index in [9.17, 15) is 9.59 Å². The van der Waals surface area contributed by atoms with Crippen LogP contribution in [0.5, 0.6) is 0 Å². The Kier molecular flexibility index (Phi) is 5.79. The van der Waals surface area contributed by atoms with E-state index in [1.165, 1.54) is 6.42 Å². The van der Waals surface area contributed by atoms with Crippen LogP contribution in [0.3, 0.4) is 0 Å². The number of amides is 2. The van der Waals surface area contributed by atoms with Crippen LogP contribution in [0.25, 0.3) is 11.5 Å². The van der Waals surface area contributed by atoms with E-state index >= 15 is 0 Å². The van der Waals surface area contributed by atoms with Crippen molar-refractivity contribution < 1.29 is 14.0 Å². The van der Waals surface area contributed by atoms with E-state index in [0.717, 1.165) is 36.9 Å². The van der Waals surface area contributed by atoms with Crippen molar-refractivity contribution in [3.8, 4) is 11.5 Å². The van der Waals surface area contributed by atoms with E-state index in [-0.39, 0.29) is 24.4 Å². The molecule has 5 rings (SSSR count). The zero-order valence-electron chi connectivity index (χ0n) is 18.7. The maximum atomic E-state index is 13.8. The van der Waals surface area contributed by atoms with Gasteiger partial charge in [0.1, 0.15) is 17.0 Å². The maximum Gasteiger partial charge on any atom is 0.271 e. The number of halogens is 1. The van der Waals surface area contributed by atoms with Crippen LogP contribution in [-0.4, -0.2) is 32.9 Å². The van der Waals surface area contributed by atoms with Crippen LogP contribution in [-0.2, 0) is 17.9 Å². The van der Waals surface area contributed by atoms with Gasteiger partial charge in [0, 0.05) is 17.6 Å². The summed E-state index contributed by atoms with van der Waals surface area (Å²) in [4.78, 5) is 29.2. The molecule has 2 aliphatic rings. The Balaban J connectivity index is 1.54. The van der Waals surface area contributed by atoms with Crippen LogP contribution < -0.4 is 5.32 Å². The second kappa shape index (κ2) is 8.75. The minimum Gasteiger partial charge on any atom is -0.463 e. The van der Waals surface area contributed by atoms with E-state index in [2.05, 4.69) is 5.32 Å². The van der Waals surface area contributed by atoms with E-state index in [1.54, 1.807) is 17.2 Å². The highest BCUT2D eigenvalue weighted by Crippen LogP contribution is 2.35. The van der Waals surface area contributed by atoms with Gasteiger partial charge in [-0.2, -0.15) is 0 Å². The Bertz CT molecular complexity index is 1160. The van der Waals surface area contributed by atoms with Gasteiger partial charge in [-0.3, -0.25) is 9.59 Å². The van der Waals surface area contributed by atoms with Crippen LogP contribution in [0, 0.1) is 0 Å². The van der Waals surface area contributed by atoms with Crippen molar-refractivity contribution in [2.24, 2.45) is 0 Å². The molecule has 33 heavy (non-hydrogen) atoms. The highest BCUT2D eigenvalue weighted by atomic mass is 35.5. The summed E-state index contributed by atoms with van der Waals surface area (Å²) in [6.07, 6.45) is 7.01. The fraction of sp³-hybridized carbons (Fsp3) is 0.385. The molecule has 1 unspecified atom stereocenters. The van der Waals surface area contributed by atoms with Gasteiger partial charge in [-0.1, -0.05) is 49.1 Å². The Labute approximate surface area is 198 Å². The van der Waals surface area contributed by atoms with Gasteiger partial charge in [0.25, 0.3) is 5.91 Å². The zero-order valence-corrected chi connectivity index (χ0v) is 19.5. The van der Waals surface area contributed by atoms with E-state index in [1.807, 2.05) is 54.0 Å². The molecule has 1 N–H and O–H groups in total. The molecule has 1 aliphatic carbocycles. The van der Waals surface area contributed by atoms with Crippen molar-refractivity contribution in [3.63, 3.8) is 0 Å². The average molecular weight is 466 g/mol. The quantitative estimate of drug-likeness (QED) is 0.558. The summed E-state index contributed by atoms with van der Waals surface area (Å²) < 4.78 is 7.51. The first-order valence-corrected chi connectivity index (χ1v) is 11.9.